The summed E-state index contributed by atoms with van der Waals surface area (Å²) < 4.78 is 13.2. The first-order valence-corrected chi connectivity index (χ1v) is 4.41. The molecular formula is C10H11FN2O. The van der Waals surface area contributed by atoms with Gasteiger partial charge in [-0.15, -0.1) is 0 Å². The Morgan fingerprint density at radius 1 is 1.57 bits per heavy atom. The second-order valence-electron chi connectivity index (χ2n) is 3.57. The molecule has 0 aromatic heterocycles. The van der Waals surface area contributed by atoms with Crippen LogP contribution in [0.3, 0.4) is 0 Å². The van der Waals surface area contributed by atoms with Gasteiger partial charge < -0.3 is 11.1 Å². The molecule has 1 atom stereocenters. The van der Waals surface area contributed by atoms with Crippen LogP contribution in [0.1, 0.15) is 34.5 Å². The summed E-state index contributed by atoms with van der Waals surface area (Å²) in [6, 6.07) is 1.28. The zero-order valence-electron chi connectivity index (χ0n) is 8.02. The van der Waals surface area contributed by atoms with Crippen LogP contribution in [-0.2, 0) is 0 Å². The van der Waals surface area contributed by atoms with Crippen molar-refractivity contribution >= 4 is 11.6 Å². The van der Waals surface area contributed by atoms with Crippen molar-refractivity contribution in [2.75, 3.05) is 5.73 Å². The van der Waals surface area contributed by atoms with E-state index in [-0.39, 0.29) is 17.6 Å². The summed E-state index contributed by atoms with van der Waals surface area (Å²) in [6.45, 7) is 3.63. The van der Waals surface area contributed by atoms with E-state index in [1.807, 2.05) is 6.92 Å². The molecule has 0 saturated carbocycles. The normalized spacial score (nSPS) is 19.4. The van der Waals surface area contributed by atoms with Crippen molar-refractivity contribution in [3.05, 3.63) is 28.6 Å². The van der Waals surface area contributed by atoms with Crippen LogP contribution in [0.25, 0.3) is 0 Å². The van der Waals surface area contributed by atoms with E-state index < -0.39 is 5.82 Å². The second-order valence-corrected chi connectivity index (χ2v) is 3.57. The van der Waals surface area contributed by atoms with Gasteiger partial charge in [0.1, 0.15) is 5.82 Å². The van der Waals surface area contributed by atoms with Gasteiger partial charge in [-0.05, 0) is 31.0 Å². The van der Waals surface area contributed by atoms with Crippen LogP contribution in [0.2, 0.25) is 0 Å². The first kappa shape index (κ1) is 8.99. The smallest absolute Gasteiger partial charge is 0.254 e. The van der Waals surface area contributed by atoms with E-state index in [0.29, 0.717) is 5.56 Å². The van der Waals surface area contributed by atoms with Crippen LogP contribution in [0.4, 0.5) is 10.1 Å². The Hall–Kier alpha value is -1.58. The number of anilines is 1. The lowest BCUT2D eigenvalue weighted by atomic mass is 9.98. The number of carbonyl (C=O) groups excluding carboxylic acids is 1. The molecule has 0 bridgehead atoms. The molecule has 1 aliphatic rings. The fourth-order valence-corrected chi connectivity index (χ4v) is 1.95. The lowest BCUT2D eigenvalue weighted by Gasteiger charge is -2.09. The molecular weight excluding hydrogens is 183 g/mol. The van der Waals surface area contributed by atoms with Crippen LogP contribution in [-0.4, -0.2) is 5.91 Å². The summed E-state index contributed by atoms with van der Waals surface area (Å²) in [5.41, 5.74) is 7.35. The van der Waals surface area contributed by atoms with Crippen molar-refractivity contribution in [1.82, 2.24) is 5.32 Å². The number of hydrogen-bond donors (Lipinski definition) is 2. The Balaban J connectivity index is 2.79. The number of halogens is 1. The molecule has 74 valence electrons. The van der Waals surface area contributed by atoms with Gasteiger partial charge in [0.2, 0.25) is 0 Å². The van der Waals surface area contributed by atoms with Crippen molar-refractivity contribution in [1.29, 1.82) is 0 Å². The number of fused-ring (bicyclic) bond motifs is 1. The van der Waals surface area contributed by atoms with Crippen LogP contribution in [0, 0.1) is 12.7 Å². The predicted octanol–water partition coefficient (Wildman–Crippen LogP) is 1.52. The highest BCUT2D eigenvalue weighted by Gasteiger charge is 2.30. The summed E-state index contributed by atoms with van der Waals surface area (Å²) in [6.07, 6.45) is 0. The van der Waals surface area contributed by atoms with Gasteiger partial charge in [0.25, 0.3) is 5.91 Å². The lowest BCUT2D eigenvalue weighted by Crippen LogP contribution is -2.17. The minimum Gasteiger partial charge on any atom is -0.396 e. The Bertz CT molecular complexity index is 429. The van der Waals surface area contributed by atoms with Crippen molar-refractivity contribution < 1.29 is 9.18 Å². The lowest BCUT2D eigenvalue weighted by molar-refractivity contribution is 0.0959. The van der Waals surface area contributed by atoms with E-state index in [4.69, 9.17) is 5.73 Å². The topological polar surface area (TPSA) is 55.1 Å². The highest BCUT2D eigenvalue weighted by atomic mass is 19.1. The largest absolute Gasteiger partial charge is 0.396 e. The number of amides is 1. The molecule has 1 heterocycles. The maximum Gasteiger partial charge on any atom is 0.254 e. The van der Waals surface area contributed by atoms with E-state index in [2.05, 4.69) is 5.32 Å². The van der Waals surface area contributed by atoms with Gasteiger partial charge in [0.15, 0.2) is 0 Å². The maximum absolute atomic E-state index is 13.2. The molecule has 1 unspecified atom stereocenters. The van der Waals surface area contributed by atoms with Crippen molar-refractivity contribution in [3.8, 4) is 0 Å². The number of nitrogen functional groups attached to an aromatic ring is 1. The van der Waals surface area contributed by atoms with E-state index in [1.54, 1.807) is 6.92 Å². The number of nitrogens with one attached hydrogen (secondary N) is 1. The average molecular weight is 194 g/mol. The number of benzene rings is 1. The molecule has 1 aliphatic heterocycles. The molecule has 1 aromatic rings. The molecule has 1 aromatic carbocycles. The summed E-state index contributed by atoms with van der Waals surface area (Å²) in [7, 11) is 0. The van der Waals surface area contributed by atoms with E-state index in [9.17, 15) is 9.18 Å². The maximum atomic E-state index is 13.2. The fourth-order valence-electron chi connectivity index (χ4n) is 1.95. The quantitative estimate of drug-likeness (QED) is 0.615. The first-order chi connectivity index (χ1) is 6.52. The minimum absolute atomic E-state index is 0.0487. The highest BCUT2D eigenvalue weighted by Crippen LogP contribution is 2.33. The third-order valence-corrected chi connectivity index (χ3v) is 2.57. The summed E-state index contributed by atoms with van der Waals surface area (Å²) in [5, 5.41) is 2.71. The van der Waals surface area contributed by atoms with E-state index >= 15 is 0 Å². The van der Waals surface area contributed by atoms with Crippen LogP contribution >= 0.6 is 0 Å². The monoisotopic (exact) mass is 194 g/mol. The van der Waals surface area contributed by atoms with Gasteiger partial charge in [0.05, 0.1) is 17.3 Å². The third-order valence-electron chi connectivity index (χ3n) is 2.57. The average Bonchev–Trinajstić information content (AvgIpc) is 2.38. The Kier molecular flexibility index (Phi) is 1.74. The summed E-state index contributed by atoms with van der Waals surface area (Å²) in [5.74, 6) is -0.807. The molecule has 1 amide bonds. The van der Waals surface area contributed by atoms with Gasteiger partial charge in [-0.1, -0.05) is 0 Å². The van der Waals surface area contributed by atoms with Crippen molar-refractivity contribution in [3.63, 3.8) is 0 Å². The Labute approximate surface area is 81.1 Å². The number of rotatable bonds is 0. The molecule has 3 N–H and O–H groups in total. The molecule has 4 heteroatoms. The predicted molar refractivity (Wildman–Crippen MR) is 51.4 cm³/mol. The van der Waals surface area contributed by atoms with Crippen molar-refractivity contribution in [2.45, 2.75) is 19.9 Å². The SMILES string of the molecule is Cc1cc(F)c(N)c2c1C(C)NC2=O. The molecule has 2 rings (SSSR count). The summed E-state index contributed by atoms with van der Waals surface area (Å²) in [4.78, 5) is 11.4. The van der Waals surface area contributed by atoms with E-state index in [1.165, 1.54) is 6.07 Å². The van der Waals surface area contributed by atoms with Gasteiger partial charge in [0, 0.05) is 0 Å². The number of nitrogens with two attached hydrogens (primary N) is 1. The Morgan fingerprint density at radius 3 is 2.86 bits per heavy atom. The molecule has 3 nitrogen and oxygen atoms in total. The first-order valence-electron chi connectivity index (χ1n) is 4.41. The Morgan fingerprint density at radius 2 is 2.21 bits per heavy atom. The standard InChI is InChI=1S/C10H11FN2O/c1-4-3-6(11)9(12)8-7(4)5(2)13-10(8)14/h3,5H,12H2,1-2H3,(H,13,14). The van der Waals surface area contributed by atoms with Gasteiger partial charge >= 0.3 is 0 Å². The summed E-state index contributed by atoms with van der Waals surface area (Å²) >= 11 is 0. The fraction of sp³-hybridized carbons (Fsp3) is 0.300. The highest BCUT2D eigenvalue weighted by molar-refractivity contribution is 6.04. The second kappa shape index (κ2) is 2.70. The molecule has 0 fully saturated rings. The molecule has 0 aliphatic carbocycles. The third kappa shape index (κ3) is 0.999. The number of aryl methyl sites for hydroxylation is 1. The molecule has 0 saturated heterocycles. The van der Waals surface area contributed by atoms with Gasteiger partial charge in [-0.3, -0.25) is 4.79 Å². The van der Waals surface area contributed by atoms with Gasteiger partial charge in [-0.2, -0.15) is 0 Å². The number of carbonyl (C=O) groups is 1. The van der Waals surface area contributed by atoms with Crippen LogP contribution in [0.15, 0.2) is 6.07 Å². The van der Waals surface area contributed by atoms with Gasteiger partial charge in [-0.25, -0.2) is 4.39 Å². The van der Waals surface area contributed by atoms with E-state index in [0.717, 1.165) is 11.1 Å². The molecule has 0 spiro atoms. The zero-order chi connectivity index (χ0) is 10.5. The number of hydrogen-bond acceptors (Lipinski definition) is 2. The molecule has 0 radical (unpaired) electrons. The van der Waals surface area contributed by atoms with Crippen molar-refractivity contribution in [2.24, 2.45) is 0 Å². The van der Waals surface area contributed by atoms with Crippen LogP contribution in [0.5, 0.6) is 0 Å². The molecule has 14 heavy (non-hydrogen) atoms. The zero-order valence-corrected chi connectivity index (χ0v) is 8.02. The minimum atomic E-state index is -0.523. The van der Waals surface area contributed by atoms with Crippen LogP contribution < -0.4 is 11.1 Å².